The van der Waals surface area contributed by atoms with Crippen LogP contribution in [0.1, 0.15) is 159 Å². The third-order valence-corrected chi connectivity index (χ3v) is 15.5. The lowest BCUT2D eigenvalue weighted by molar-refractivity contribution is -0.691. The zero-order valence-corrected chi connectivity index (χ0v) is 38.0. The molecule has 3 aromatic heterocycles. The minimum Gasteiger partial charge on any atom is -0.299 e. The molecule has 0 spiro atoms. The number of hydrogen-bond donors (Lipinski definition) is 0. The fourth-order valence-electron chi connectivity index (χ4n) is 10.7. The van der Waals surface area contributed by atoms with Gasteiger partial charge in [0, 0.05) is 56.2 Å². The molecule has 4 aromatic carbocycles. The highest BCUT2D eigenvalue weighted by molar-refractivity contribution is 7.26. The summed E-state index contributed by atoms with van der Waals surface area (Å²) in [6.07, 6.45) is 14.9. The van der Waals surface area contributed by atoms with Gasteiger partial charge in [-0.1, -0.05) is 161 Å². The van der Waals surface area contributed by atoms with Crippen LogP contribution >= 0.6 is 11.3 Å². The van der Waals surface area contributed by atoms with Crippen molar-refractivity contribution in [1.82, 2.24) is 9.55 Å². The minimum absolute atomic E-state index is 0.0804. The Morgan fingerprint density at radius 2 is 1.59 bits per heavy atom. The Balaban J connectivity index is 1.29. The van der Waals surface area contributed by atoms with Crippen molar-refractivity contribution in [2.45, 2.75) is 143 Å². The number of hydrogen-bond acceptors (Lipinski definition) is 2. The number of imidazole rings is 1. The van der Waals surface area contributed by atoms with Gasteiger partial charge in [0.05, 0.1) is 11.3 Å². The van der Waals surface area contributed by atoms with Crippen LogP contribution in [0.25, 0.3) is 48.5 Å². The molecule has 7 aromatic rings. The molecular formula is C55H66N3S+. The van der Waals surface area contributed by atoms with Crippen LogP contribution in [-0.2, 0) is 12.0 Å². The van der Waals surface area contributed by atoms with Gasteiger partial charge in [0.2, 0.25) is 5.69 Å². The van der Waals surface area contributed by atoms with E-state index in [1.807, 2.05) is 17.5 Å². The zero-order valence-electron chi connectivity index (χ0n) is 37.2. The summed E-state index contributed by atoms with van der Waals surface area (Å²) < 4.78 is 7.85. The Morgan fingerprint density at radius 3 is 2.36 bits per heavy atom. The average Bonchev–Trinajstić information content (AvgIpc) is 3.90. The normalized spacial score (nSPS) is 16.1. The van der Waals surface area contributed by atoms with E-state index in [9.17, 15) is 0 Å². The van der Waals surface area contributed by atoms with E-state index in [4.69, 9.17) is 4.98 Å². The first-order valence-electron chi connectivity index (χ1n) is 22.9. The van der Waals surface area contributed by atoms with E-state index in [0.717, 1.165) is 31.6 Å². The SMILES string of the molecule is CCCCCC(C)c1cccc(C(C)C)c1-n1ccnc1-c1ccccc1C(CC)(CC1C[n+]2ccc(C(C)C)cc2-c2c1ccc1c2sc2ccccc21)C(C)CC. The van der Waals surface area contributed by atoms with Crippen molar-refractivity contribution in [3.63, 3.8) is 0 Å². The van der Waals surface area contributed by atoms with Gasteiger partial charge in [-0.3, -0.25) is 4.57 Å². The van der Waals surface area contributed by atoms with Gasteiger partial charge in [0.25, 0.3) is 0 Å². The summed E-state index contributed by atoms with van der Waals surface area (Å²) in [6.45, 7) is 22.4. The quantitative estimate of drug-likeness (QED) is 0.0748. The molecule has 59 heavy (non-hydrogen) atoms. The number of benzene rings is 4. The molecule has 0 N–H and O–H groups in total. The van der Waals surface area contributed by atoms with Gasteiger partial charge in [0.15, 0.2) is 12.7 Å². The van der Waals surface area contributed by atoms with E-state index in [0.29, 0.717) is 29.6 Å². The number of nitrogens with zero attached hydrogens (tertiary/aromatic N) is 3. The second-order valence-corrected chi connectivity index (χ2v) is 19.4. The van der Waals surface area contributed by atoms with Crippen molar-refractivity contribution in [1.29, 1.82) is 0 Å². The largest absolute Gasteiger partial charge is 0.299 e. The topological polar surface area (TPSA) is 21.7 Å². The van der Waals surface area contributed by atoms with Crippen LogP contribution < -0.4 is 4.57 Å². The zero-order chi connectivity index (χ0) is 41.4. The predicted molar refractivity (Wildman–Crippen MR) is 253 cm³/mol. The lowest BCUT2D eigenvalue weighted by Crippen LogP contribution is -2.45. The van der Waals surface area contributed by atoms with Gasteiger partial charge in [-0.25, -0.2) is 4.98 Å². The molecule has 0 radical (unpaired) electrons. The van der Waals surface area contributed by atoms with Gasteiger partial charge in [0.1, 0.15) is 5.82 Å². The first kappa shape index (κ1) is 41.2. The third kappa shape index (κ3) is 7.38. The van der Waals surface area contributed by atoms with Gasteiger partial charge in [-0.2, -0.15) is 4.57 Å². The van der Waals surface area contributed by atoms with Gasteiger partial charge < -0.3 is 0 Å². The lowest BCUT2D eigenvalue weighted by atomic mass is 9.61. The summed E-state index contributed by atoms with van der Waals surface area (Å²) in [5, 5.41) is 2.75. The molecule has 0 saturated heterocycles. The summed E-state index contributed by atoms with van der Waals surface area (Å²) >= 11 is 1.97. The van der Waals surface area contributed by atoms with E-state index >= 15 is 0 Å². The molecule has 4 unspecified atom stereocenters. The number of unbranched alkanes of at least 4 members (excludes halogenated alkanes) is 2. The van der Waals surface area contributed by atoms with Crippen LogP contribution in [-0.4, -0.2) is 9.55 Å². The molecule has 0 fully saturated rings. The Bertz CT molecular complexity index is 2570. The molecule has 8 rings (SSSR count). The maximum Gasteiger partial charge on any atom is 0.214 e. The smallest absolute Gasteiger partial charge is 0.214 e. The lowest BCUT2D eigenvalue weighted by Gasteiger charge is -2.43. The second kappa shape index (κ2) is 17.2. The monoisotopic (exact) mass is 800 g/mol. The van der Waals surface area contributed by atoms with E-state index in [2.05, 4.69) is 175 Å². The molecule has 0 amide bonds. The molecule has 0 saturated carbocycles. The highest BCUT2D eigenvalue weighted by atomic mass is 32.1. The Kier molecular flexibility index (Phi) is 12.0. The van der Waals surface area contributed by atoms with E-state index in [1.165, 1.54) is 96.2 Å². The molecule has 4 heterocycles. The number of rotatable bonds is 15. The summed E-state index contributed by atoms with van der Waals surface area (Å²) in [4.78, 5) is 5.28. The van der Waals surface area contributed by atoms with Gasteiger partial charge >= 0.3 is 0 Å². The second-order valence-electron chi connectivity index (χ2n) is 18.4. The molecule has 1 aliphatic heterocycles. The van der Waals surface area contributed by atoms with Crippen LogP contribution in [0.15, 0.2) is 110 Å². The molecule has 4 heteroatoms. The molecule has 306 valence electrons. The fraction of sp³-hybridized carbons (Fsp3) is 0.418. The van der Waals surface area contributed by atoms with Crippen molar-refractivity contribution >= 4 is 31.5 Å². The molecule has 0 aliphatic carbocycles. The van der Waals surface area contributed by atoms with E-state index in [-0.39, 0.29) is 5.41 Å². The van der Waals surface area contributed by atoms with Crippen LogP contribution in [0, 0.1) is 5.92 Å². The van der Waals surface area contributed by atoms with Crippen molar-refractivity contribution in [3.8, 4) is 28.3 Å². The summed E-state index contributed by atoms with van der Waals surface area (Å²) in [5.74, 6) is 3.20. The fourth-order valence-corrected chi connectivity index (χ4v) is 11.9. The number of fused-ring (bicyclic) bond motifs is 7. The number of thiophene rings is 1. The first-order valence-corrected chi connectivity index (χ1v) is 23.7. The first-order chi connectivity index (χ1) is 28.6. The van der Waals surface area contributed by atoms with Crippen LogP contribution in [0.3, 0.4) is 0 Å². The molecule has 4 atom stereocenters. The predicted octanol–water partition coefficient (Wildman–Crippen LogP) is 15.7. The highest BCUT2D eigenvalue weighted by Crippen LogP contribution is 2.52. The van der Waals surface area contributed by atoms with Crippen molar-refractivity contribution in [2.24, 2.45) is 5.92 Å². The molecule has 1 aliphatic rings. The van der Waals surface area contributed by atoms with E-state index < -0.39 is 0 Å². The number of aromatic nitrogens is 3. The van der Waals surface area contributed by atoms with Crippen LogP contribution in [0.2, 0.25) is 0 Å². The Hall–Kier alpha value is -4.54. The van der Waals surface area contributed by atoms with Crippen molar-refractivity contribution in [2.75, 3.05) is 0 Å². The third-order valence-electron chi connectivity index (χ3n) is 14.3. The average molecular weight is 801 g/mol. The number of pyridine rings is 1. The standard InChI is InChI=1S/C55H66N3S/c1-10-13-14-20-38(8)43-24-19-23-42(37(6)7)52(43)58-32-30-56-54(58)47-22-15-17-25-48(47)55(12-3,39(9)11-2)34-41-35-57-31-29-40(36(4)5)33-49(57)51-44(41)27-28-46-45-21-16-18-26-50(45)59-53(46)51/h15-19,21-33,36-39,41H,10-14,20,34-35H2,1-9H3/q+1. The Labute approximate surface area is 358 Å². The van der Waals surface area contributed by atoms with Gasteiger partial charge in [-0.15, -0.1) is 11.3 Å². The minimum atomic E-state index is -0.0804. The van der Waals surface area contributed by atoms with Crippen LogP contribution in [0.4, 0.5) is 0 Å². The maximum atomic E-state index is 5.28. The molecule has 3 nitrogen and oxygen atoms in total. The highest BCUT2D eigenvalue weighted by Gasteiger charge is 2.44. The Morgan fingerprint density at radius 1 is 0.814 bits per heavy atom. The summed E-state index contributed by atoms with van der Waals surface area (Å²) in [6, 6.07) is 35.2. The van der Waals surface area contributed by atoms with Crippen molar-refractivity contribution < 1.29 is 4.57 Å². The maximum absolute atomic E-state index is 5.28. The molecule has 0 bridgehead atoms. The number of para-hydroxylation sites is 1. The summed E-state index contributed by atoms with van der Waals surface area (Å²) in [7, 11) is 0. The van der Waals surface area contributed by atoms with Crippen molar-refractivity contribution in [3.05, 3.63) is 137 Å². The van der Waals surface area contributed by atoms with Crippen LogP contribution in [0.5, 0.6) is 0 Å². The van der Waals surface area contributed by atoms with E-state index in [1.54, 1.807) is 0 Å². The summed E-state index contributed by atoms with van der Waals surface area (Å²) in [5.41, 5.74) is 12.5. The molecular weight excluding hydrogens is 735 g/mol. The van der Waals surface area contributed by atoms with Gasteiger partial charge in [-0.05, 0) is 82.2 Å².